The number of amides is 1. The number of carbonyl (C=O) groups excluding carboxylic acids is 1. The number of hydrogen-bond donors (Lipinski definition) is 1. The number of sulfonamides is 1. The van der Waals surface area contributed by atoms with Gasteiger partial charge < -0.3 is 5.32 Å². The zero-order valence-corrected chi connectivity index (χ0v) is 19.3. The molecule has 0 bridgehead atoms. The Labute approximate surface area is 187 Å². The topological polar surface area (TPSA) is 90.3 Å². The minimum atomic E-state index is -3.58. The molecule has 1 N–H and O–H groups in total. The van der Waals surface area contributed by atoms with Crippen LogP contribution in [0.2, 0.25) is 0 Å². The van der Waals surface area contributed by atoms with Crippen molar-refractivity contribution in [2.24, 2.45) is 0 Å². The van der Waals surface area contributed by atoms with Gasteiger partial charge in [-0.3, -0.25) is 4.79 Å². The van der Waals surface area contributed by atoms with Crippen molar-refractivity contribution in [2.75, 3.05) is 12.4 Å². The number of nitriles is 1. The Hall–Kier alpha value is -2.21. The molecule has 6 nitrogen and oxygen atoms in total. The monoisotopic (exact) mass is 457 g/mol. The summed E-state index contributed by atoms with van der Waals surface area (Å²) in [5, 5.41) is 13.1. The molecule has 2 aromatic rings. The molecule has 1 fully saturated rings. The van der Waals surface area contributed by atoms with Gasteiger partial charge >= 0.3 is 0 Å². The number of benzene rings is 1. The summed E-state index contributed by atoms with van der Waals surface area (Å²) < 4.78 is 27.3. The lowest BCUT2D eigenvalue weighted by molar-refractivity contribution is 0.102. The van der Waals surface area contributed by atoms with Gasteiger partial charge in [0.25, 0.3) is 5.91 Å². The summed E-state index contributed by atoms with van der Waals surface area (Å²) in [6.07, 6.45) is 9.07. The number of fused-ring (bicyclic) bond motifs is 1. The summed E-state index contributed by atoms with van der Waals surface area (Å²) in [5.41, 5.74) is 2.03. The molecule has 4 rings (SSSR count). The van der Waals surface area contributed by atoms with Crippen LogP contribution in [0, 0.1) is 11.3 Å². The first-order chi connectivity index (χ1) is 14.9. The Morgan fingerprint density at radius 1 is 1.10 bits per heavy atom. The molecule has 1 amide bonds. The van der Waals surface area contributed by atoms with Crippen molar-refractivity contribution in [3.8, 4) is 6.07 Å². The quantitative estimate of drug-likeness (QED) is 0.659. The Morgan fingerprint density at radius 3 is 2.45 bits per heavy atom. The molecule has 1 heterocycles. The third-order valence-corrected chi connectivity index (χ3v) is 9.52. The first-order valence-electron chi connectivity index (χ1n) is 10.9. The lowest BCUT2D eigenvalue weighted by atomic mass is 10.1. The minimum absolute atomic E-state index is 0.0476. The molecule has 0 spiro atoms. The van der Waals surface area contributed by atoms with Crippen molar-refractivity contribution in [3.05, 3.63) is 45.8 Å². The van der Waals surface area contributed by atoms with Crippen LogP contribution < -0.4 is 5.32 Å². The van der Waals surface area contributed by atoms with Gasteiger partial charge in [-0.2, -0.15) is 9.57 Å². The van der Waals surface area contributed by atoms with Gasteiger partial charge in [0, 0.05) is 23.5 Å². The van der Waals surface area contributed by atoms with Gasteiger partial charge in [0.15, 0.2) is 0 Å². The summed E-state index contributed by atoms with van der Waals surface area (Å²) in [7, 11) is -1.94. The van der Waals surface area contributed by atoms with E-state index in [0.29, 0.717) is 16.1 Å². The molecule has 0 atom stereocenters. The van der Waals surface area contributed by atoms with E-state index in [1.807, 2.05) is 0 Å². The van der Waals surface area contributed by atoms with Crippen LogP contribution in [0.3, 0.4) is 0 Å². The van der Waals surface area contributed by atoms with E-state index >= 15 is 0 Å². The van der Waals surface area contributed by atoms with Gasteiger partial charge in [-0.25, -0.2) is 8.42 Å². The highest BCUT2D eigenvalue weighted by Gasteiger charge is 2.30. The molecule has 8 heteroatoms. The first kappa shape index (κ1) is 22.0. The van der Waals surface area contributed by atoms with Crippen LogP contribution in [-0.2, 0) is 22.9 Å². The third kappa shape index (κ3) is 4.40. The molecule has 164 valence electrons. The van der Waals surface area contributed by atoms with Crippen LogP contribution in [-0.4, -0.2) is 31.7 Å². The number of thiophene rings is 1. The molecule has 1 saturated carbocycles. The lowest BCUT2D eigenvalue weighted by Crippen LogP contribution is -2.35. The third-order valence-electron chi connectivity index (χ3n) is 6.39. The SMILES string of the molecule is CN(C1CCCC1)S(=O)(=O)c1ccc(C(=O)Nc2sc3c(c2C#N)CCCCC3)cc1. The Bertz CT molecular complexity index is 1110. The molecule has 31 heavy (non-hydrogen) atoms. The highest BCUT2D eigenvalue weighted by atomic mass is 32.2. The van der Waals surface area contributed by atoms with Crippen LogP contribution in [0.5, 0.6) is 0 Å². The van der Waals surface area contributed by atoms with Gasteiger partial charge in [0.2, 0.25) is 10.0 Å². The number of aryl methyl sites for hydroxylation is 1. The Kier molecular flexibility index (Phi) is 6.47. The van der Waals surface area contributed by atoms with E-state index in [1.165, 1.54) is 51.2 Å². The second-order valence-electron chi connectivity index (χ2n) is 8.32. The van der Waals surface area contributed by atoms with E-state index in [1.54, 1.807) is 7.05 Å². The van der Waals surface area contributed by atoms with Crippen molar-refractivity contribution >= 4 is 32.3 Å². The number of anilines is 1. The Balaban J connectivity index is 1.51. The van der Waals surface area contributed by atoms with Crippen molar-refractivity contribution in [1.82, 2.24) is 4.31 Å². The summed E-state index contributed by atoms with van der Waals surface area (Å²) in [6, 6.07) is 8.37. The minimum Gasteiger partial charge on any atom is -0.312 e. The standard InChI is InChI=1S/C23H27N3O3S2/c1-26(17-7-5-6-8-17)31(28,29)18-13-11-16(12-14-18)22(27)25-23-20(15-24)19-9-3-2-4-10-21(19)30-23/h11-14,17H,2-10H2,1H3,(H,25,27). The fourth-order valence-electron chi connectivity index (χ4n) is 4.53. The molecule has 0 aliphatic heterocycles. The fourth-order valence-corrected chi connectivity index (χ4v) is 7.18. The number of nitrogens with zero attached hydrogens (tertiary/aromatic N) is 2. The predicted molar refractivity (Wildman–Crippen MR) is 122 cm³/mol. The van der Waals surface area contributed by atoms with Crippen LogP contribution in [0.25, 0.3) is 0 Å². The average Bonchev–Trinajstić information content (AvgIpc) is 3.35. The number of carbonyl (C=O) groups is 1. The maximum Gasteiger partial charge on any atom is 0.256 e. The van der Waals surface area contributed by atoms with Gasteiger partial charge in [0.1, 0.15) is 11.1 Å². The molecule has 0 radical (unpaired) electrons. The first-order valence-corrected chi connectivity index (χ1v) is 13.1. The van der Waals surface area contributed by atoms with Crippen molar-refractivity contribution in [1.29, 1.82) is 5.26 Å². The second kappa shape index (κ2) is 9.11. The molecule has 1 aromatic carbocycles. The molecular weight excluding hydrogens is 430 g/mol. The number of rotatable bonds is 5. The van der Waals surface area contributed by atoms with E-state index in [-0.39, 0.29) is 16.8 Å². The van der Waals surface area contributed by atoms with Crippen LogP contribution >= 0.6 is 11.3 Å². The van der Waals surface area contributed by atoms with Crippen LogP contribution in [0.1, 0.15) is 71.3 Å². The second-order valence-corrected chi connectivity index (χ2v) is 11.4. The number of nitrogens with one attached hydrogen (secondary N) is 1. The van der Waals surface area contributed by atoms with Crippen LogP contribution in [0.4, 0.5) is 5.00 Å². The smallest absolute Gasteiger partial charge is 0.256 e. The van der Waals surface area contributed by atoms with Gasteiger partial charge in [-0.15, -0.1) is 11.3 Å². The van der Waals surface area contributed by atoms with E-state index in [4.69, 9.17) is 0 Å². The summed E-state index contributed by atoms with van der Waals surface area (Å²) in [4.78, 5) is 14.2. The maximum absolute atomic E-state index is 12.9. The molecule has 2 aliphatic rings. The average molecular weight is 458 g/mol. The zero-order chi connectivity index (χ0) is 22.0. The van der Waals surface area contributed by atoms with Gasteiger partial charge in [-0.1, -0.05) is 19.3 Å². The fraction of sp³-hybridized carbons (Fsp3) is 0.478. The molecule has 0 unspecified atom stereocenters. The molecule has 1 aromatic heterocycles. The predicted octanol–water partition coefficient (Wildman–Crippen LogP) is 4.70. The zero-order valence-electron chi connectivity index (χ0n) is 17.7. The highest BCUT2D eigenvalue weighted by molar-refractivity contribution is 7.89. The Morgan fingerprint density at radius 2 is 1.77 bits per heavy atom. The summed E-state index contributed by atoms with van der Waals surface area (Å²) in [6.45, 7) is 0. The molecule has 0 saturated heterocycles. The van der Waals surface area contributed by atoms with Crippen molar-refractivity contribution in [2.45, 2.75) is 68.7 Å². The summed E-state index contributed by atoms with van der Waals surface area (Å²) >= 11 is 1.49. The van der Waals surface area contributed by atoms with Crippen molar-refractivity contribution < 1.29 is 13.2 Å². The maximum atomic E-state index is 12.9. The van der Waals surface area contributed by atoms with E-state index in [0.717, 1.165) is 56.9 Å². The van der Waals surface area contributed by atoms with E-state index < -0.39 is 10.0 Å². The van der Waals surface area contributed by atoms with Crippen LogP contribution in [0.15, 0.2) is 29.2 Å². The van der Waals surface area contributed by atoms with Gasteiger partial charge in [0.05, 0.1) is 10.5 Å². The molecule has 2 aliphatic carbocycles. The van der Waals surface area contributed by atoms with E-state index in [9.17, 15) is 18.5 Å². The number of hydrogen-bond acceptors (Lipinski definition) is 5. The highest BCUT2D eigenvalue weighted by Crippen LogP contribution is 2.37. The summed E-state index contributed by atoms with van der Waals surface area (Å²) in [5.74, 6) is -0.332. The lowest BCUT2D eigenvalue weighted by Gasteiger charge is -2.23. The largest absolute Gasteiger partial charge is 0.312 e. The van der Waals surface area contributed by atoms with Crippen molar-refractivity contribution in [3.63, 3.8) is 0 Å². The van der Waals surface area contributed by atoms with E-state index in [2.05, 4.69) is 11.4 Å². The molecular formula is C23H27N3O3S2. The normalized spacial score (nSPS) is 17.2. The van der Waals surface area contributed by atoms with Gasteiger partial charge in [-0.05, 0) is 68.4 Å².